The van der Waals surface area contributed by atoms with Gasteiger partial charge in [-0.1, -0.05) is 34.6 Å². The van der Waals surface area contributed by atoms with Crippen LogP contribution in [0.1, 0.15) is 53.9 Å². The van der Waals surface area contributed by atoms with Crippen LogP contribution in [-0.2, 0) is 9.59 Å². The molecular weight excluding hydrogens is 294 g/mol. The molecule has 2 N–H and O–H groups in total. The molecule has 1 spiro atoms. The molecule has 4 amide bonds. The number of imide groups is 1. The monoisotopic (exact) mass is 323 g/mol. The number of amides is 4. The van der Waals surface area contributed by atoms with Crippen LogP contribution < -0.4 is 10.6 Å². The van der Waals surface area contributed by atoms with Gasteiger partial charge in [0.2, 0.25) is 5.91 Å². The summed E-state index contributed by atoms with van der Waals surface area (Å²) in [5, 5.41) is 5.64. The van der Waals surface area contributed by atoms with Crippen LogP contribution in [0.4, 0.5) is 4.79 Å². The molecule has 2 fully saturated rings. The minimum absolute atomic E-state index is 0.00345. The summed E-state index contributed by atoms with van der Waals surface area (Å²) in [6.45, 7) is 10.7. The fraction of sp³-hybridized carbons (Fsp3) is 0.824. The standard InChI is InChI=1S/C17H29N3O3/c1-11(2)8-18-13(21)9-20-14(22)17(19-15(20)23)7-12(3)6-16(4,5)10-17/h11-12H,6-10H2,1-5H3,(H,18,21)(H,19,23)/t12-,17-/m1/s1. The first kappa shape index (κ1) is 17.8. The molecule has 0 radical (unpaired) electrons. The van der Waals surface area contributed by atoms with Crippen molar-refractivity contribution in [3.63, 3.8) is 0 Å². The van der Waals surface area contributed by atoms with Crippen molar-refractivity contribution in [3.05, 3.63) is 0 Å². The Morgan fingerprint density at radius 3 is 2.57 bits per heavy atom. The van der Waals surface area contributed by atoms with Crippen molar-refractivity contribution in [2.75, 3.05) is 13.1 Å². The molecule has 0 aromatic rings. The normalized spacial score (nSPS) is 30.0. The van der Waals surface area contributed by atoms with Gasteiger partial charge in [0, 0.05) is 6.54 Å². The molecule has 130 valence electrons. The Morgan fingerprint density at radius 1 is 1.35 bits per heavy atom. The predicted octanol–water partition coefficient (Wildman–Crippen LogP) is 1.90. The molecule has 0 aromatic heterocycles. The summed E-state index contributed by atoms with van der Waals surface area (Å²) in [7, 11) is 0. The third kappa shape index (κ3) is 3.85. The van der Waals surface area contributed by atoms with E-state index < -0.39 is 11.6 Å². The van der Waals surface area contributed by atoms with Crippen LogP contribution in [0, 0.1) is 17.3 Å². The third-order valence-corrected chi connectivity index (χ3v) is 4.63. The van der Waals surface area contributed by atoms with E-state index in [4.69, 9.17) is 0 Å². The van der Waals surface area contributed by atoms with Crippen molar-refractivity contribution < 1.29 is 14.4 Å². The summed E-state index contributed by atoms with van der Waals surface area (Å²) >= 11 is 0. The van der Waals surface area contributed by atoms with E-state index in [1.807, 2.05) is 13.8 Å². The third-order valence-electron chi connectivity index (χ3n) is 4.63. The van der Waals surface area contributed by atoms with Gasteiger partial charge in [0.05, 0.1) is 0 Å². The molecule has 2 atom stereocenters. The highest BCUT2D eigenvalue weighted by molar-refractivity contribution is 6.09. The van der Waals surface area contributed by atoms with Crippen molar-refractivity contribution in [1.29, 1.82) is 0 Å². The predicted molar refractivity (Wildman–Crippen MR) is 87.6 cm³/mol. The van der Waals surface area contributed by atoms with Gasteiger partial charge in [0.15, 0.2) is 0 Å². The number of hydrogen-bond acceptors (Lipinski definition) is 3. The lowest BCUT2D eigenvalue weighted by molar-refractivity contribution is -0.137. The average Bonchev–Trinajstić information content (AvgIpc) is 2.58. The molecule has 1 aliphatic heterocycles. The SMILES string of the molecule is CC(C)CNC(=O)CN1C(=O)N[C@@]2(C[C@H](C)CC(C)(C)C2)C1=O. The molecule has 0 bridgehead atoms. The Kier molecular flexibility index (Phi) is 4.74. The van der Waals surface area contributed by atoms with Gasteiger partial charge >= 0.3 is 6.03 Å². The Labute approximate surface area is 138 Å². The minimum Gasteiger partial charge on any atom is -0.354 e. The van der Waals surface area contributed by atoms with E-state index in [1.54, 1.807) is 0 Å². The smallest absolute Gasteiger partial charge is 0.325 e. The van der Waals surface area contributed by atoms with Crippen molar-refractivity contribution in [1.82, 2.24) is 15.5 Å². The maximum absolute atomic E-state index is 12.9. The Balaban J connectivity index is 2.09. The largest absolute Gasteiger partial charge is 0.354 e. The molecule has 1 heterocycles. The molecule has 0 aromatic carbocycles. The zero-order chi connectivity index (χ0) is 17.4. The molecule has 6 heteroatoms. The molecule has 0 unspecified atom stereocenters. The maximum Gasteiger partial charge on any atom is 0.325 e. The van der Waals surface area contributed by atoms with Crippen LogP contribution >= 0.6 is 0 Å². The van der Waals surface area contributed by atoms with Crippen LogP contribution in [0.15, 0.2) is 0 Å². The van der Waals surface area contributed by atoms with E-state index in [0.717, 1.165) is 11.3 Å². The van der Waals surface area contributed by atoms with Crippen molar-refractivity contribution in [2.24, 2.45) is 17.3 Å². The average molecular weight is 323 g/mol. The maximum atomic E-state index is 12.9. The van der Waals surface area contributed by atoms with E-state index in [2.05, 4.69) is 31.4 Å². The molecule has 2 rings (SSSR count). The highest BCUT2D eigenvalue weighted by atomic mass is 16.2. The van der Waals surface area contributed by atoms with E-state index in [9.17, 15) is 14.4 Å². The summed E-state index contributed by atoms with van der Waals surface area (Å²) < 4.78 is 0. The van der Waals surface area contributed by atoms with Gasteiger partial charge in [0.25, 0.3) is 5.91 Å². The highest BCUT2D eigenvalue weighted by Gasteiger charge is 2.56. The van der Waals surface area contributed by atoms with Crippen molar-refractivity contribution >= 4 is 17.8 Å². The summed E-state index contributed by atoms with van der Waals surface area (Å²) in [6.07, 6.45) is 2.30. The fourth-order valence-electron chi connectivity index (χ4n) is 4.17. The first-order chi connectivity index (χ1) is 10.5. The minimum atomic E-state index is -0.837. The van der Waals surface area contributed by atoms with E-state index >= 15 is 0 Å². The second-order valence-corrected chi connectivity index (χ2v) is 8.46. The van der Waals surface area contributed by atoms with Gasteiger partial charge in [-0.05, 0) is 36.5 Å². The van der Waals surface area contributed by atoms with E-state index in [1.165, 1.54) is 0 Å². The van der Waals surface area contributed by atoms with Gasteiger partial charge in [0.1, 0.15) is 12.1 Å². The van der Waals surface area contributed by atoms with Crippen molar-refractivity contribution in [3.8, 4) is 0 Å². The number of urea groups is 1. The second-order valence-electron chi connectivity index (χ2n) is 8.46. The van der Waals surface area contributed by atoms with Gasteiger partial charge in [-0.25, -0.2) is 4.79 Å². The van der Waals surface area contributed by atoms with Gasteiger partial charge in [-0.3, -0.25) is 14.5 Å². The summed E-state index contributed by atoms with van der Waals surface area (Å²) in [5.74, 6) is 0.148. The van der Waals surface area contributed by atoms with Gasteiger partial charge in [-0.2, -0.15) is 0 Å². The lowest BCUT2D eigenvalue weighted by atomic mass is 9.64. The number of nitrogens with one attached hydrogen (secondary N) is 2. The number of carbonyl (C=O) groups excluding carboxylic acids is 3. The number of carbonyl (C=O) groups is 3. The summed E-state index contributed by atoms with van der Waals surface area (Å²) in [5.41, 5.74) is -0.840. The quantitative estimate of drug-likeness (QED) is 0.776. The summed E-state index contributed by atoms with van der Waals surface area (Å²) in [4.78, 5) is 38.2. The molecule has 1 saturated carbocycles. The summed E-state index contributed by atoms with van der Waals surface area (Å²) in [6, 6.07) is -0.445. The molecule has 1 saturated heterocycles. The van der Waals surface area contributed by atoms with Gasteiger partial charge < -0.3 is 10.6 Å². The first-order valence-corrected chi connectivity index (χ1v) is 8.45. The fourth-order valence-corrected chi connectivity index (χ4v) is 4.17. The molecule has 1 aliphatic carbocycles. The van der Waals surface area contributed by atoms with Crippen LogP contribution in [0.25, 0.3) is 0 Å². The Hall–Kier alpha value is -1.59. The zero-order valence-corrected chi connectivity index (χ0v) is 14.9. The highest BCUT2D eigenvalue weighted by Crippen LogP contribution is 2.46. The number of hydrogen-bond donors (Lipinski definition) is 2. The van der Waals surface area contributed by atoms with E-state index in [0.29, 0.717) is 31.2 Å². The molecule has 23 heavy (non-hydrogen) atoms. The van der Waals surface area contributed by atoms with Crippen LogP contribution in [-0.4, -0.2) is 41.4 Å². The Morgan fingerprint density at radius 2 is 2.00 bits per heavy atom. The number of nitrogens with zero attached hydrogens (tertiary/aromatic N) is 1. The topological polar surface area (TPSA) is 78.5 Å². The number of rotatable bonds is 4. The zero-order valence-electron chi connectivity index (χ0n) is 14.9. The second kappa shape index (κ2) is 6.13. The molecule has 2 aliphatic rings. The van der Waals surface area contributed by atoms with Gasteiger partial charge in [-0.15, -0.1) is 0 Å². The van der Waals surface area contributed by atoms with Crippen molar-refractivity contribution in [2.45, 2.75) is 59.4 Å². The Bertz CT molecular complexity index is 515. The molecular formula is C17H29N3O3. The lowest BCUT2D eigenvalue weighted by Gasteiger charge is -2.43. The first-order valence-electron chi connectivity index (χ1n) is 8.45. The van der Waals surface area contributed by atoms with Crippen LogP contribution in [0.2, 0.25) is 0 Å². The lowest BCUT2D eigenvalue weighted by Crippen LogP contribution is -2.54. The van der Waals surface area contributed by atoms with Crippen LogP contribution in [0.3, 0.4) is 0 Å². The van der Waals surface area contributed by atoms with E-state index in [-0.39, 0.29) is 23.8 Å². The molecule has 6 nitrogen and oxygen atoms in total. The van der Waals surface area contributed by atoms with Crippen LogP contribution in [0.5, 0.6) is 0 Å².